The molecule has 6 heteroatoms. The molecule has 2 aromatic heterocycles. The Labute approximate surface area is 157 Å². The van der Waals surface area contributed by atoms with Crippen molar-refractivity contribution in [3.63, 3.8) is 0 Å². The number of hydrogen-bond acceptors (Lipinski definition) is 3. The zero-order valence-corrected chi connectivity index (χ0v) is 15.0. The summed E-state index contributed by atoms with van der Waals surface area (Å²) in [6, 6.07) is 15.5. The van der Waals surface area contributed by atoms with Gasteiger partial charge in [0.15, 0.2) is 0 Å². The summed E-state index contributed by atoms with van der Waals surface area (Å²) in [6.45, 7) is 2.76. The minimum Gasteiger partial charge on any atom is -0.472 e. The van der Waals surface area contributed by atoms with Crippen LogP contribution in [0.25, 0.3) is 0 Å². The predicted molar refractivity (Wildman–Crippen MR) is 100 cm³/mol. The number of carbonyl (C=O) groups is 2. The second-order valence-electron chi connectivity index (χ2n) is 6.60. The van der Waals surface area contributed by atoms with Gasteiger partial charge in [-0.2, -0.15) is 0 Å². The Morgan fingerprint density at radius 2 is 1.56 bits per heavy atom. The number of amides is 2. The van der Waals surface area contributed by atoms with E-state index in [1.165, 1.54) is 12.5 Å². The Bertz CT molecular complexity index is 907. The van der Waals surface area contributed by atoms with Crippen molar-refractivity contribution in [2.75, 3.05) is 26.2 Å². The fourth-order valence-corrected chi connectivity index (χ4v) is 3.37. The van der Waals surface area contributed by atoms with Crippen LogP contribution in [0.3, 0.4) is 0 Å². The Kier molecular flexibility index (Phi) is 4.78. The van der Waals surface area contributed by atoms with E-state index in [2.05, 4.69) is 12.1 Å². The van der Waals surface area contributed by atoms with Crippen LogP contribution >= 0.6 is 0 Å². The molecular formula is C21H21N3O3. The van der Waals surface area contributed by atoms with E-state index in [1.54, 1.807) is 11.0 Å². The van der Waals surface area contributed by atoms with Crippen LogP contribution in [-0.2, 0) is 6.54 Å². The smallest absolute Gasteiger partial charge is 0.270 e. The molecular weight excluding hydrogens is 342 g/mol. The van der Waals surface area contributed by atoms with Gasteiger partial charge in [-0.15, -0.1) is 0 Å². The van der Waals surface area contributed by atoms with Crippen LogP contribution in [0.4, 0.5) is 0 Å². The molecule has 0 N–H and O–H groups in total. The minimum atomic E-state index is -0.0525. The van der Waals surface area contributed by atoms with Gasteiger partial charge in [-0.25, -0.2) is 0 Å². The third-order valence-electron chi connectivity index (χ3n) is 4.87. The summed E-state index contributed by atoms with van der Waals surface area (Å²) in [5.41, 5.74) is 2.37. The van der Waals surface area contributed by atoms with Gasteiger partial charge in [0, 0.05) is 38.9 Å². The molecule has 0 radical (unpaired) electrons. The van der Waals surface area contributed by atoms with Crippen LogP contribution in [0, 0.1) is 0 Å². The van der Waals surface area contributed by atoms with Crippen molar-refractivity contribution in [3.8, 4) is 0 Å². The lowest BCUT2D eigenvalue weighted by Crippen LogP contribution is -2.50. The normalized spacial score (nSPS) is 14.4. The largest absolute Gasteiger partial charge is 0.472 e. The summed E-state index contributed by atoms with van der Waals surface area (Å²) in [4.78, 5) is 28.9. The van der Waals surface area contributed by atoms with Crippen molar-refractivity contribution in [1.82, 2.24) is 14.4 Å². The van der Waals surface area contributed by atoms with Gasteiger partial charge >= 0.3 is 0 Å². The number of rotatable bonds is 4. The van der Waals surface area contributed by atoms with E-state index in [9.17, 15) is 9.59 Å². The first-order valence-corrected chi connectivity index (χ1v) is 9.02. The molecule has 1 fully saturated rings. The molecule has 0 atom stereocenters. The summed E-state index contributed by atoms with van der Waals surface area (Å²) >= 11 is 0. The molecule has 27 heavy (non-hydrogen) atoms. The molecule has 1 aliphatic heterocycles. The summed E-state index contributed by atoms with van der Waals surface area (Å²) in [5.74, 6) is -0.0466. The second kappa shape index (κ2) is 7.53. The standard InChI is InChI=1S/C21H21N3O3/c25-20(18-8-14-27-16-18)22-10-12-23(13-11-22)21(26)19-7-4-9-24(19)15-17-5-2-1-3-6-17/h1-9,14,16H,10-13,15H2. The molecule has 138 valence electrons. The van der Waals surface area contributed by atoms with Gasteiger partial charge in [0.1, 0.15) is 12.0 Å². The van der Waals surface area contributed by atoms with E-state index in [0.29, 0.717) is 44.0 Å². The number of benzene rings is 1. The molecule has 1 aliphatic rings. The Balaban J connectivity index is 1.40. The van der Waals surface area contributed by atoms with Crippen molar-refractivity contribution < 1.29 is 14.0 Å². The number of hydrogen-bond donors (Lipinski definition) is 0. The van der Waals surface area contributed by atoms with E-state index in [1.807, 2.05) is 46.0 Å². The maximum Gasteiger partial charge on any atom is 0.270 e. The average molecular weight is 363 g/mol. The number of carbonyl (C=O) groups excluding carboxylic acids is 2. The average Bonchev–Trinajstić information content (AvgIpc) is 3.40. The second-order valence-corrected chi connectivity index (χ2v) is 6.60. The monoisotopic (exact) mass is 363 g/mol. The van der Waals surface area contributed by atoms with E-state index < -0.39 is 0 Å². The molecule has 6 nitrogen and oxygen atoms in total. The van der Waals surface area contributed by atoms with Crippen molar-refractivity contribution in [3.05, 3.63) is 84.1 Å². The predicted octanol–water partition coefficient (Wildman–Crippen LogP) is 2.73. The Morgan fingerprint density at radius 1 is 0.852 bits per heavy atom. The van der Waals surface area contributed by atoms with Gasteiger partial charge in [-0.1, -0.05) is 30.3 Å². The van der Waals surface area contributed by atoms with Crippen LogP contribution in [0.1, 0.15) is 26.4 Å². The fraction of sp³-hybridized carbons (Fsp3) is 0.238. The fourth-order valence-electron chi connectivity index (χ4n) is 3.37. The molecule has 0 aliphatic carbocycles. The summed E-state index contributed by atoms with van der Waals surface area (Å²) in [7, 11) is 0. The van der Waals surface area contributed by atoms with E-state index in [0.717, 1.165) is 5.56 Å². The van der Waals surface area contributed by atoms with Gasteiger partial charge in [0.2, 0.25) is 0 Å². The Morgan fingerprint density at radius 3 is 2.22 bits per heavy atom. The summed E-state index contributed by atoms with van der Waals surface area (Å²) in [5, 5.41) is 0. The van der Waals surface area contributed by atoms with Gasteiger partial charge in [0.25, 0.3) is 11.8 Å². The molecule has 0 bridgehead atoms. The van der Waals surface area contributed by atoms with Crippen LogP contribution in [0.15, 0.2) is 71.7 Å². The van der Waals surface area contributed by atoms with Crippen LogP contribution in [0.5, 0.6) is 0 Å². The molecule has 0 unspecified atom stereocenters. The summed E-state index contributed by atoms with van der Waals surface area (Å²) in [6.07, 6.45) is 4.88. The highest BCUT2D eigenvalue weighted by Gasteiger charge is 2.27. The van der Waals surface area contributed by atoms with Crippen LogP contribution in [-0.4, -0.2) is 52.4 Å². The first-order chi connectivity index (χ1) is 13.2. The van der Waals surface area contributed by atoms with Gasteiger partial charge in [0.05, 0.1) is 11.8 Å². The highest BCUT2D eigenvalue weighted by atomic mass is 16.3. The molecule has 1 aromatic carbocycles. The first-order valence-electron chi connectivity index (χ1n) is 9.02. The lowest BCUT2D eigenvalue weighted by Gasteiger charge is -2.34. The van der Waals surface area contributed by atoms with Crippen LogP contribution < -0.4 is 0 Å². The quantitative estimate of drug-likeness (QED) is 0.716. The number of piperazine rings is 1. The number of aromatic nitrogens is 1. The SMILES string of the molecule is O=C(c1ccoc1)N1CCN(C(=O)c2cccn2Cc2ccccc2)CC1. The van der Waals surface area contributed by atoms with E-state index in [4.69, 9.17) is 4.42 Å². The molecule has 0 spiro atoms. The maximum atomic E-state index is 13.0. The summed E-state index contributed by atoms with van der Waals surface area (Å²) < 4.78 is 6.95. The third-order valence-corrected chi connectivity index (χ3v) is 4.87. The van der Waals surface area contributed by atoms with Crippen molar-refractivity contribution in [2.45, 2.75) is 6.54 Å². The van der Waals surface area contributed by atoms with Crippen LogP contribution in [0.2, 0.25) is 0 Å². The number of furan rings is 1. The zero-order chi connectivity index (χ0) is 18.6. The first kappa shape index (κ1) is 17.1. The number of nitrogens with zero attached hydrogens (tertiary/aromatic N) is 3. The molecule has 0 saturated carbocycles. The van der Waals surface area contributed by atoms with Gasteiger partial charge in [-0.3, -0.25) is 9.59 Å². The lowest BCUT2D eigenvalue weighted by atomic mass is 10.2. The van der Waals surface area contributed by atoms with Crippen molar-refractivity contribution in [1.29, 1.82) is 0 Å². The minimum absolute atomic E-state index is 0.00587. The van der Waals surface area contributed by atoms with Crippen molar-refractivity contribution in [2.24, 2.45) is 0 Å². The Hall–Kier alpha value is -3.28. The van der Waals surface area contributed by atoms with Crippen molar-refractivity contribution >= 4 is 11.8 Å². The van der Waals surface area contributed by atoms with E-state index >= 15 is 0 Å². The van der Waals surface area contributed by atoms with E-state index in [-0.39, 0.29) is 11.8 Å². The third kappa shape index (κ3) is 3.65. The topological polar surface area (TPSA) is 58.7 Å². The molecule has 2 amide bonds. The molecule has 1 saturated heterocycles. The molecule has 4 rings (SSSR count). The highest BCUT2D eigenvalue weighted by molar-refractivity contribution is 5.95. The maximum absolute atomic E-state index is 13.0. The highest BCUT2D eigenvalue weighted by Crippen LogP contribution is 2.14. The van der Waals surface area contributed by atoms with Gasteiger partial charge in [-0.05, 0) is 23.8 Å². The molecule has 3 heterocycles. The van der Waals surface area contributed by atoms with Gasteiger partial charge < -0.3 is 18.8 Å². The zero-order valence-electron chi connectivity index (χ0n) is 15.0. The lowest BCUT2D eigenvalue weighted by molar-refractivity contribution is 0.0529. The molecule has 3 aromatic rings.